The van der Waals surface area contributed by atoms with Gasteiger partial charge in [-0.05, 0) is 31.2 Å². The maximum Gasteiger partial charge on any atom is 0.0253 e. The lowest BCUT2D eigenvalue weighted by Gasteiger charge is -2.22. The van der Waals surface area contributed by atoms with Crippen molar-refractivity contribution in [3.8, 4) is 0 Å². The monoisotopic (exact) mass is 260 g/mol. The Kier molecular flexibility index (Phi) is 5.87. The van der Waals surface area contributed by atoms with E-state index >= 15 is 0 Å². The molecule has 0 amide bonds. The number of nitrogens with one attached hydrogen (secondary N) is 1. The van der Waals surface area contributed by atoms with E-state index < -0.39 is 0 Å². The van der Waals surface area contributed by atoms with Crippen molar-refractivity contribution < 1.29 is 0 Å². The highest BCUT2D eigenvalue weighted by atomic mass is 15.2. The van der Waals surface area contributed by atoms with E-state index in [4.69, 9.17) is 5.84 Å². The molecule has 1 aliphatic rings. The molecule has 2 nitrogen and oxygen atoms in total. The Labute approximate surface area is 117 Å². The molecule has 1 unspecified atom stereocenters. The molecule has 0 aromatic heterocycles. The first kappa shape index (κ1) is 14.5. The van der Waals surface area contributed by atoms with Crippen molar-refractivity contribution in [2.24, 2.45) is 11.8 Å². The van der Waals surface area contributed by atoms with Gasteiger partial charge >= 0.3 is 0 Å². The highest BCUT2D eigenvalue weighted by molar-refractivity contribution is 5.22. The first-order valence-electron chi connectivity index (χ1n) is 7.79. The Morgan fingerprint density at radius 1 is 1.11 bits per heavy atom. The Morgan fingerprint density at radius 2 is 1.74 bits per heavy atom. The number of benzene rings is 1. The Morgan fingerprint density at radius 3 is 2.32 bits per heavy atom. The summed E-state index contributed by atoms with van der Waals surface area (Å²) in [6, 6.07) is 9.26. The molecule has 0 spiro atoms. The quantitative estimate of drug-likeness (QED) is 0.481. The molecule has 0 radical (unpaired) electrons. The van der Waals surface area contributed by atoms with Gasteiger partial charge < -0.3 is 0 Å². The van der Waals surface area contributed by atoms with E-state index in [2.05, 4.69) is 36.6 Å². The van der Waals surface area contributed by atoms with E-state index in [1.165, 1.54) is 56.1 Å². The Hall–Kier alpha value is -0.860. The van der Waals surface area contributed by atoms with Crippen molar-refractivity contribution in [3.63, 3.8) is 0 Å². The summed E-state index contributed by atoms with van der Waals surface area (Å²) in [6.07, 6.45) is 10.7. The van der Waals surface area contributed by atoms with Gasteiger partial charge in [0.25, 0.3) is 0 Å². The van der Waals surface area contributed by atoms with Crippen LogP contribution in [0.3, 0.4) is 0 Å². The third-order valence-corrected chi connectivity index (χ3v) is 4.43. The standard InChI is InChI=1S/C17H28N2/c1-14-8-10-16(11-9-14)13-17(19-18)12-15-6-4-2-3-5-7-15/h8-11,15,17,19H,2-7,12-13,18H2,1H3. The van der Waals surface area contributed by atoms with Crippen LogP contribution in [0.25, 0.3) is 0 Å². The summed E-state index contributed by atoms with van der Waals surface area (Å²) in [5, 5.41) is 0. The lowest BCUT2D eigenvalue weighted by Crippen LogP contribution is -2.38. The van der Waals surface area contributed by atoms with Crippen LogP contribution in [-0.2, 0) is 6.42 Å². The molecule has 2 heteroatoms. The zero-order valence-electron chi connectivity index (χ0n) is 12.2. The topological polar surface area (TPSA) is 38.0 Å². The maximum absolute atomic E-state index is 5.76. The van der Waals surface area contributed by atoms with Crippen LogP contribution in [0.1, 0.15) is 56.1 Å². The minimum Gasteiger partial charge on any atom is -0.271 e. The molecule has 1 saturated carbocycles. The fraction of sp³-hybridized carbons (Fsp3) is 0.647. The molecule has 2 rings (SSSR count). The van der Waals surface area contributed by atoms with Gasteiger partial charge in [0.05, 0.1) is 0 Å². The summed E-state index contributed by atoms with van der Waals surface area (Å²) in [6.45, 7) is 2.13. The molecule has 19 heavy (non-hydrogen) atoms. The molecule has 106 valence electrons. The predicted molar refractivity (Wildman–Crippen MR) is 81.8 cm³/mol. The van der Waals surface area contributed by atoms with Crippen molar-refractivity contribution >= 4 is 0 Å². The van der Waals surface area contributed by atoms with E-state index in [0.29, 0.717) is 6.04 Å². The average molecular weight is 260 g/mol. The summed E-state index contributed by atoms with van der Waals surface area (Å²) in [4.78, 5) is 0. The van der Waals surface area contributed by atoms with Crippen LogP contribution in [0.5, 0.6) is 0 Å². The van der Waals surface area contributed by atoms with Crippen molar-refractivity contribution in [1.29, 1.82) is 0 Å². The van der Waals surface area contributed by atoms with Crippen molar-refractivity contribution in [3.05, 3.63) is 35.4 Å². The Bertz CT molecular complexity index is 350. The summed E-state index contributed by atoms with van der Waals surface area (Å²) in [7, 11) is 0. The zero-order valence-corrected chi connectivity index (χ0v) is 12.2. The number of hydrogen-bond acceptors (Lipinski definition) is 2. The lowest BCUT2D eigenvalue weighted by atomic mass is 9.90. The number of nitrogens with two attached hydrogens (primary N) is 1. The Balaban J connectivity index is 1.86. The smallest absolute Gasteiger partial charge is 0.0253 e. The molecule has 1 atom stereocenters. The van der Waals surface area contributed by atoms with Gasteiger partial charge in [-0.1, -0.05) is 68.4 Å². The van der Waals surface area contributed by atoms with Gasteiger partial charge in [0, 0.05) is 6.04 Å². The van der Waals surface area contributed by atoms with Gasteiger partial charge in [0.2, 0.25) is 0 Å². The van der Waals surface area contributed by atoms with Gasteiger partial charge in [-0.15, -0.1) is 0 Å². The van der Waals surface area contributed by atoms with Crippen molar-refractivity contribution in [2.75, 3.05) is 0 Å². The second kappa shape index (κ2) is 7.66. The normalized spacial score (nSPS) is 19.1. The summed E-state index contributed by atoms with van der Waals surface area (Å²) < 4.78 is 0. The van der Waals surface area contributed by atoms with Crippen molar-refractivity contribution in [2.45, 2.75) is 64.3 Å². The fourth-order valence-electron chi connectivity index (χ4n) is 3.22. The van der Waals surface area contributed by atoms with Gasteiger partial charge in [0.15, 0.2) is 0 Å². The number of hydrogen-bond donors (Lipinski definition) is 2. The fourth-order valence-corrected chi connectivity index (χ4v) is 3.22. The highest BCUT2D eigenvalue weighted by Gasteiger charge is 2.17. The number of aryl methyl sites for hydroxylation is 1. The molecule has 0 aliphatic heterocycles. The third-order valence-electron chi connectivity index (χ3n) is 4.43. The van der Waals surface area contributed by atoms with Crippen LogP contribution in [-0.4, -0.2) is 6.04 Å². The molecule has 1 aromatic carbocycles. The second-order valence-corrected chi connectivity index (χ2v) is 6.15. The molecule has 0 bridgehead atoms. The summed E-state index contributed by atoms with van der Waals surface area (Å²) >= 11 is 0. The maximum atomic E-state index is 5.76. The SMILES string of the molecule is Cc1ccc(CC(CC2CCCCCC2)NN)cc1. The van der Waals surface area contributed by atoms with Gasteiger partial charge in [0.1, 0.15) is 0 Å². The van der Waals surface area contributed by atoms with Crippen LogP contribution < -0.4 is 11.3 Å². The molecular weight excluding hydrogens is 232 g/mol. The molecule has 1 fully saturated rings. The van der Waals surface area contributed by atoms with Crippen LogP contribution in [0.2, 0.25) is 0 Å². The second-order valence-electron chi connectivity index (χ2n) is 6.15. The van der Waals surface area contributed by atoms with Crippen molar-refractivity contribution in [1.82, 2.24) is 5.43 Å². The van der Waals surface area contributed by atoms with Gasteiger partial charge in [-0.3, -0.25) is 11.3 Å². The molecular formula is C17H28N2. The van der Waals surface area contributed by atoms with E-state index in [1.54, 1.807) is 0 Å². The van der Waals surface area contributed by atoms with Gasteiger partial charge in [-0.2, -0.15) is 0 Å². The third kappa shape index (κ3) is 4.96. The average Bonchev–Trinajstić information content (AvgIpc) is 2.69. The van der Waals surface area contributed by atoms with E-state index in [9.17, 15) is 0 Å². The molecule has 0 saturated heterocycles. The largest absolute Gasteiger partial charge is 0.271 e. The lowest BCUT2D eigenvalue weighted by molar-refractivity contribution is 0.352. The van der Waals surface area contributed by atoms with Crippen LogP contribution >= 0.6 is 0 Å². The molecule has 0 heterocycles. The minimum absolute atomic E-state index is 0.422. The molecule has 1 aromatic rings. The predicted octanol–water partition coefficient (Wildman–Crippen LogP) is 3.73. The van der Waals surface area contributed by atoms with Crippen LogP contribution in [0, 0.1) is 12.8 Å². The van der Waals surface area contributed by atoms with E-state index in [-0.39, 0.29) is 0 Å². The van der Waals surface area contributed by atoms with Crippen LogP contribution in [0.15, 0.2) is 24.3 Å². The molecule has 3 N–H and O–H groups in total. The number of hydrazine groups is 1. The first-order chi connectivity index (χ1) is 9.28. The van der Waals surface area contributed by atoms with Gasteiger partial charge in [-0.25, -0.2) is 0 Å². The van der Waals surface area contributed by atoms with Crippen LogP contribution in [0.4, 0.5) is 0 Å². The molecule has 1 aliphatic carbocycles. The first-order valence-corrected chi connectivity index (χ1v) is 7.79. The van der Waals surface area contributed by atoms with E-state index in [0.717, 1.165) is 12.3 Å². The minimum atomic E-state index is 0.422. The number of rotatable bonds is 5. The van der Waals surface area contributed by atoms with E-state index in [1.807, 2.05) is 0 Å². The summed E-state index contributed by atoms with van der Waals surface area (Å²) in [5.41, 5.74) is 5.75. The summed E-state index contributed by atoms with van der Waals surface area (Å²) in [5.74, 6) is 6.63. The zero-order chi connectivity index (χ0) is 13.5. The highest BCUT2D eigenvalue weighted by Crippen LogP contribution is 2.27.